The van der Waals surface area contributed by atoms with E-state index in [2.05, 4.69) is 17.0 Å². The molecule has 1 aromatic heterocycles. The fourth-order valence-corrected chi connectivity index (χ4v) is 2.86. The van der Waals surface area contributed by atoms with Crippen LogP contribution in [0.5, 0.6) is 11.5 Å². The Morgan fingerprint density at radius 3 is 2.68 bits per heavy atom. The molecule has 0 radical (unpaired) electrons. The van der Waals surface area contributed by atoms with Crippen LogP contribution in [-0.4, -0.2) is 48.0 Å². The smallest absolute Gasteiger partial charge is 0.168 e. The molecular formula is C16H22N4O2. The summed E-state index contributed by atoms with van der Waals surface area (Å²) in [5.74, 6) is 2.07. The molecule has 1 aliphatic heterocycles. The highest BCUT2D eigenvalue weighted by Gasteiger charge is 2.23. The van der Waals surface area contributed by atoms with Crippen LogP contribution in [0.1, 0.15) is 6.42 Å². The zero-order valence-corrected chi connectivity index (χ0v) is 13.2. The highest BCUT2D eigenvalue weighted by atomic mass is 16.5. The number of para-hydroxylation sites is 1. The van der Waals surface area contributed by atoms with Gasteiger partial charge in [0.2, 0.25) is 0 Å². The monoisotopic (exact) mass is 302 g/mol. The maximum absolute atomic E-state index is 6.14. The molecule has 6 nitrogen and oxygen atoms in total. The number of nitrogens with two attached hydrogens (primary N) is 1. The van der Waals surface area contributed by atoms with Gasteiger partial charge in [0.15, 0.2) is 11.5 Å². The maximum atomic E-state index is 6.14. The Balaban J connectivity index is 1.95. The van der Waals surface area contributed by atoms with Gasteiger partial charge in [-0.25, -0.2) is 0 Å². The molecule has 1 aromatic carbocycles. The average molecular weight is 302 g/mol. The van der Waals surface area contributed by atoms with Crippen molar-refractivity contribution in [3.05, 3.63) is 24.4 Å². The molecular weight excluding hydrogens is 280 g/mol. The van der Waals surface area contributed by atoms with Crippen LogP contribution in [0.2, 0.25) is 0 Å². The average Bonchev–Trinajstić information content (AvgIpc) is 3.06. The van der Waals surface area contributed by atoms with Crippen LogP contribution in [0.3, 0.4) is 0 Å². The van der Waals surface area contributed by atoms with Crippen molar-refractivity contribution in [3.8, 4) is 22.6 Å². The van der Waals surface area contributed by atoms with E-state index in [1.807, 2.05) is 25.2 Å². The number of hydrogen-bond acceptors (Lipinski definition) is 5. The number of likely N-dealkylation sites (N-methyl/N-ethyl adjacent to an activating group) is 1. The molecule has 1 atom stereocenters. The number of aromatic nitrogens is 2. The summed E-state index contributed by atoms with van der Waals surface area (Å²) in [7, 11) is 5.58. The number of ether oxygens (including phenoxy) is 2. The predicted octanol–water partition coefficient (Wildman–Crippen LogP) is 1.76. The van der Waals surface area contributed by atoms with Gasteiger partial charge >= 0.3 is 0 Å². The normalized spacial score (nSPS) is 18.6. The molecule has 0 saturated carbocycles. The number of likely N-dealkylation sites (tertiary alicyclic amines) is 1. The molecule has 2 aromatic rings. The van der Waals surface area contributed by atoms with Gasteiger partial charge in [-0.2, -0.15) is 5.10 Å². The van der Waals surface area contributed by atoms with Crippen molar-refractivity contribution in [2.45, 2.75) is 12.5 Å². The molecule has 2 N–H and O–H groups in total. The van der Waals surface area contributed by atoms with Crippen molar-refractivity contribution < 1.29 is 9.47 Å². The lowest BCUT2D eigenvalue weighted by Crippen LogP contribution is -2.21. The van der Waals surface area contributed by atoms with E-state index in [0.717, 1.165) is 36.4 Å². The summed E-state index contributed by atoms with van der Waals surface area (Å²) in [6, 6.07) is 5.87. The molecule has 2 heterocycles. The summed E-state index contributed by atoms with van der Waals surface area (Å²) in [6.07, 6.45) is 2.97. The van der Waals surface area contributed by atoms with Crippen molar-refractivity contribution in [2.75, 3.05) is 33.0 Å². The molecule has 0 bridgehead atoms. The summed E-state index contributed by atoms with van der Waals surface area (Å²) < 4.78 is 13.4. The lowest BCUT2D eigenvalue weighted by Gasteiger charge is -2.18. The maximum Gasteiger partial charge on any atom is 0.168 e. The first-order valence-electron chi connectivity index (χ1n) is 7.40. The zero-order valence-electron chi connectivity index (χ0n) is 13.2. The number of anilines is 1. The minimum atomic E-state index is 0.195. The topological polar surface area (TPSA) is 65.5 Å². The Morgan fingerprint density at radius 2 is 2.09 bits per heavy atom. The molecule has 1 unspecified atom stereocenters. The van der Waals surface area contributed by atoms with Crippen LogP contribution >= 0.6 is 0 Å². The van der Waals surface area contributed by atoms with E-state index in [1.165, 1.54) is 0 Å². The van der Waals surface area contributed by atoms with Gasteiger partial charge in [0.25, 0.3) is 0 Å². The van der Waals surface area contributed by atoms with Crippen LogP contribution in [-0.2, 0) is 7.05 Å². The molecule has 118 valence electrons. The van der Waals surface area contributed by atoms with E-state index in [1.54, 1.807) is 18.0 Å². The highest BCUT2D eigenvalue weighted by Crippen LogP contribution is 2.40. The number of rotatable bonds is 4. The van der Waals surface area contributed by atoms with E-state index in [0.29, 0.717) is 11.6 Å². The molecule has 0 aliphatic carbocycles. The third-order valence-corrected chi connectivity index (χ3v) is 4.10. The number of hydrogen-bond donors (Lipinski definition) is 1. The lowest BCUT2D eigenvalue weighted by molar-refractivity contribution is 0.200. The fraction of sp³-hybridized carbons (Fsp3) is 0.438. The summed E-state index contributed by atoms with van der Waals surface area (Å²) in [4.78, 5) is 2.26. The van der Waals surface area contributed by atoms with Crippen molar-refractivity contribution in [1.29, 1.82) is 0 Å². The second kappa shape index (κ2) is 5.88. The van der Waals surface area contributed by atoms with Gasteiger partial charge in [0.05, 0.1) is 13.3 Å². The van der Waals surface area contributed by atoms with Gasteiger partial charge in [-0.15, -0.1) is 0 Å². The Morgan fingerprint density at radius 1 is 1.27 bits per heavy atom. The van der Waals surface area contributed by atoms with E-state index in [9.17, 15) is 0 Å². The van der Waals surface area contributed by atoms with E-state index in [4.69, 9.17) is 15.2 Å². The zero-order chi connectivity index (χ0) is 15.7. The van der Waals surface area contributed by atoms with Gasteiger partial charge < -0.3 is 20.1 Å². The third kappa shape index (κ3) is 2.62. The number of nitrogens with zero attached hydrogens (tertiary/aromatic N) is 3. The second-order valence-corrected chi connectivity index (χ2v) is 5.69. The van der Waals surface area contributed by atoms with Crippen LogP contribution in [0.4, 0.5) is 5.82 Å². The number of aryl methyl sites for hydroxylation is 1. The predicted molar refractivity (Wildman–Crippen MR) is 86.1 cm³/mol. The standard InChI is InChI=1S/C16H22N4O2/c1-19-8-7-11(10-19)22-14-6-4-5-12(15(14)21-3)13-9-18-20(2)16(13)17/h4-6,9,11H,7-8,10,17H2,1-3H3. The molecule has 6 heteroatoms. The van der Waals surface area contributed by atoms with Crippen LogP contribution in [0.25, 0.3) is 11.1 Å². The molecule has 22 heavy (non-hydrogen) atoms. The van der Waals surface area contributed by atoms with Gasteiger partial charge in [-0.1, -0.05) is 12.1 Å². The summed E-state index contributed by atoms with van der Waals surface area (Å²) in [5, 5.41) is 4.20. The number of methoxy groups -OCH3 is 1. The van der Waals surface area contributed by atoms with E-state index in [-0.39, 0.29) is 6.10 Å². The molecule has 3 rings (SSSR count). The summed E-state index contributed by atoms with van der Waals surface area (Å²) >= 11 is 0. The first kappa shape index (κ1) is 14.7. The molecule has 1 aliphatic rings. The van der Waals surface area contributed by atoms with Crippen molar-refractivity contribution in [2.24, 2.45) is 7.05 Å². The molecule has 1 fully saturated rings. The number of nitrogen functional groups attached to an aromatic ring is 1. The molecule has 0 spiro atoms. The van der Waals surface area contributed by atoms with E-state index < -0.39 is 0 Å². The first-order chi connectivity index (χ1) is 10.6. The van der Waals surface area contributed by atoms with Gasteiger partial charge in [0.1, 0.15) is 11.9 Å². The van der Waals surface area contributed by atoms with Crippen molar-refractivity contribution >= 4 is 5.82 Å². The SMILES string of the molecule is COc1c(OC2CCN(C)C2)cccc1-c1cnn(C)c1N. The Kier molecular flexibility index (Phi) is 3.94. The van der Waals surface area contributed by atoms with Gasteiger partial charge in [-0.3, -0.25) is 4.68 Å². The van der Waals surface area contributed by atoms with Gasteiger partial charge in [-0.05, 0) is 19.5 Å². The van der Waals surface area contributed by atoms with Gasteiger partial charge in [0, 0.05) is 31.3 Å². The van der Waals surface area contributed by atoms with Crippen molar-refractivity contribution in [1.82, 2.24) is 14.7 Å². The highest BCUT2D eigenvalue weighted by molar-refractivity contribution is 5.80. The van der Waals surface area contributed by atoms with Crippen LogP contribution in [0, 0.1) is 0 Å². The minimum Gasteiger partial charge on any atom is -0.492 e. The first-order valence-corrected chi connectivity index (χ1v) is 7.40. The minimum absolute atomic E-state index is 0.195. The fourth-order valence-electron chi connectivity index (χ4n) is 2.86. The quantitative estimate of drug-likeness (QED) is 0.932. The lowest BCUT2D eigenvalue weighted by atomic mass is 10.1. The second-order valence-electron chi connectivity index (χ2n) is 5.69. The Bertz CT molecular complexity index is 668. The third-order valence-electron chi connectivity index (χ3n) is 4.10. The van der Waals surface area contributed by atoms with Crippen LogP contribution in [0.15, 0.2) is 24.4 Å². The molecule has 0 amide bonds. The van der Waals surface area contributed by atoms with Crippen molar-refractivity contribution in [3.63, 3.8) is 0 Å². The van der Waals surface area contributed by atoms with Crippen LogP contribution < -0.4 is 15.2 Å². The number of benzene rings is 1. The summed E-state index contributed by atoms with van der Waals surface area (Å²) in [6.45, 7) is 1.99. The van der Waals surface area contributed by atoms with E-state index >= 15 is 0 Å². The Hall–Kier alpha value is -2.21. The largest absolute Gasteiger partial charge is 0.492 e. The molecule has 1 saturated heterocycles. The Labute approximate surface area is 130 Å². The summed E-state index contributed by atoms with van der Waals surface area (Å²) in [5.41, 5.74) is 7.84.